The minimum Gasteiger partial charge on any atom is -0.354 e. The summed E-state index contributed by atoms with van der Waals surface area (Å²) in [7, 11) is 1.96. The Bertz CT molecular complexity index is 1010. The van der Waals surface area contributed by atoms with Crippen LogP contribution in [0.3, 0.4) is 0 Å². The number of likely N-dealkylation sites (N-methyl/N-ethyl adjacent to an activating group) is 1. The molecule has 0 saturated carbocycles. The molecule has 0 aromatic heterocycles. The lowest BCUT2D eigenvalue weighted by atomic mass is 9.87. The maximum absolute atomic E-state index is 11.9. The third-order valence-corrected chi connectivity index (χ3v) is 5.44. The molecule has 0 radical (unpaired) electrons. The first-order valence-electron chi connectivity index (χ1n) is 14.2. The maximum Gasteiger partial charge on any atom is 0.228 e. The Kier molecular flexibility index (Phi) is 21.7. The molecule has 41 heavy (non-hydrogen) atoms. The van der Waals surface area contributed by atoms with Crippen LogP contribution >= 0.6 is 0 Å². The van der Waals surface area contributed by atoms with E-state index in [1.807, 2.05) is 63.1 Å². The van der Waals surface area contributed by atoms with Crippen LogP contribution < -0.4 is 10.6 Å². The molecule has 1 aromatic carbocycles. The lowest BCUT2D eigenvalue weighted by molar-refractivity contribution is -0.115. The molecule has 0 aliphatic carbocycles. The van der Waals surface area contributed by atoms with Gasteiger partial charge >= 0.3 is 0 Å². The Hall–Kier alpha value is -3.53. The zero-order valence-electron chi connectivity index (χ0n) is 28.4. The van der Waals surface area contributed by atoms with Gasteiger partial charge in [0, 0.05) is 30.5 Å². The molecule has 0 saturated heterocycles. The molecule has 0 unspecified atom stereocenters. The van der Waals surface area contributed by atoms with Crippen LogP contribution in [0.25, 0.3) is 0 Å². The highest BCUT2D eigenvalue weighted by Crippen LogP contribution is 2.29. The van der Waals surface area contributed by atoms with Crippen molar-refractivity contribution >= 4 is 17.3 Å². The van der Waals surface area contributed by atoms with Gasteiger partial charge in [-0.25, -0.2) is 0 Å². The zero-order chi connectivity index (χ0) is 33.0. The number of benzene rings is 1. The highest BCUT2D eigenvalue weighted by molar-refractivity contribution is 5.92. The second-order valence-electron chi connectivity index (χ2n) is 12.2. The average Bonchev–Trinajstić information content (AvgIpc) is 2.83. The van der Waals surface area contributed by atoms with E-state index in [4.69, 9.17) is 0 Å². The molecule has 0 heterocycles. The van der Waals surface area contributed by atoms with Gasteiger partial charge in [-0.1, -0.05) is 92.9 Å². The molecule has 1 rings (SSSR count). The van der Waals surface area contributed by atoms with Gasteiger partial charge in [0.2, 0.25) is 5.91 Å². The summed E-state index contributed by atoms with van der Waals surface area (Å²) in [4.78, 5) is 13.9. The number of nitrogens with one attached hydrogen (secondary N) is 2. The summed E-state index contributed by atoms with van der Waals surface area (Å²) in [5.74, 6) is -0.0726. The summed E-state index contributed by atoms with van der Waals surface area (Å²) in [6.07, 6.45) is 6.75. The van der Waals surface area contributed by atoms with E-state index in [9.17, 15) is 4.79 Å². The normalized spacial score (nSPS) is 10.6. The van der Waals surface area contributed by atoms with Gasteiger partial charge in [0.25, 0.3) is 0 Å². The van der Waals surface area contributed by atoms with Crippen LogP contribution in [0.4, 0.5) is 11.4 Å². The molecule has 4 heteroatoms. The summed E-state index contributed by atoms with van der Waals surface area (Å²) in [5, 5.41) is 6.19. The van der Waals surface area contributed by atoms with Crippen molar-refractivity contribution in [3.05, 3.63) is 111 Å². The standard InChI is InChI=1S/C25H35N3O.C7H16.C3H6.C2H4/c1-17(2)15-24(29)27-22-13-11-21(12-14-22)26-20(6)23(28(10)18(3)4)16-19(5)25(7,8)9;1-5-6-7(2,3)4;1-3-2;1-2/h11-14,16,26H,1,3,5-6,15H2,2,4,7-10H3,(H,27,29);5-6H2,1-4H3;3H,1H2,2H3;1-2H2/b23-16-;;;. The van der Waals surface area contributed by atoms with Crippen molar-refractivity contribution in [3.8, 4) is 0 Å². The molecule has 0 spiro atoms. The number of allylic oxidation sites excluding steroid dienone is 4. The van der Waals surface area contributed by atoms with Crippen molar-refractivity contribution in [2.24, 2.45) is 10.8 Å². The minimum atomic E-state index is -0.0726. The monoisotopic (exact) mass is 563 g/mol. The third kappa shape index (κ3) is 21.9. The van der Waals surface area contributed by atoms with Gasteiger partial charge in [0.15, 0.2) is 0 Å². The van der Waals surface area contributed by atoms with Crippen LogP contribution in [0.2, 0.25) is 0 Å². The van der Waals surface area contributed by atoms with Gasteiger partial charge in [0.05, 0.1) is 11.4 Å². The van der Waals surface area contributed by atoms with Gasteiger partial charge in [-0.15, -0.1) is 19.7 Å². The van der Waals surface area contributed by atoms with E-state index >= 15 is 0 Å². The number of anilines is 2. The number of nitrogens with zero attached hydrogens (tertiary/aromatic N) is 1. The summed E-state index contributed by atoms with van der Waals surface area (Å²) >= 11 is 0. The Balaban J connectivity index is -0.00000102. The Morgan fingerprint density at radius 2 is 1.32 bits per heavy atom. The SMILES string of the molecule is C=C.C=C(C)CC(=O)Nc1ccc(NC(=C)/C(=C/C(=C)C(C)(C)C)N(C)C(=C)C)cc1.C=CC.CCCC(C)(C)C. The van der Waals surface area contributed by atoms with Crippen LogP contribution in [0, 0.1) is 10.8 Å². The van der Waals surface area contributed by atoms with Crippen molar-refractivity contribution in [2.75, 3.05) is 17.7 Å². The molecule has 2 N–H and O–H groups in total. The molecular weight excluding hydrogens is 502 g/mol. The van der Waals surface area contributed by atoms with Crippen LogP contribution in [0.1, 0.15) is 88.5 Å². The first kappa shape index (κ1) is 41.9. The van der Waals surface area contributed by atoms with E-state index in [2.05, 4.69) is 105 Å². The predicted octanol–water partition coefficient (Wildman–Crippen LogP) is 11.3. The Morgan fingerprint density at radius 1 is 0.902 bits per heavy atom. The summed E-state index contributed by atoms with van der Waals surface area (Å²) in [6.45, 7) is 46.7. The lowest BCUT2D eigenvalue weighted by Crippen LogP contribution is -2.20. The molecule has 0 aliphatic heterocycles. The van der Waals surface area contributed by atoms with Crippen LogP contribution in [-0.2, 0) is 4.79 Å². The quantitative estimate of drug-likeness (QED) is 0.220. The van der Waals surface area contributed by atoms with Gasteiger partial charge in [-0.3, -0.25) is 4.79 Å². The van der Waals surface area contributed by atoms with E-state index in [0.29, 0.717) is 11.8 Å². The highest BCUT2D eigenvalue weighted by atomic mass is 16.1. The van der Waals surface area contributed by atoms with Crippen LogP contribution in [-0.4, -0.2) is 17.9 Å². The predicted molar refractivity (Wildman–Crippen MR) is 188 cm³/mol. The molecule has 0 fully saturated rings. The largest absolute Gasteiger partial charge is 0.354 e. The second-order valence-corrected chi connectivity index (χ2v) is 12.2. The van der Waals surface area contributed by atoms with Gasteiger partial charge in [-0.2, -0.15) is 0 Å². The highest BCUT2D eigenvalue weighted by Gasteiger charge is 2.17. The maximum atomic E-state index is 11.9. The number of rotatable bonds is 10. The van der Waals surface area contributed by atoms with E-state index in [0.717, 1.165) is 39.6 Å². The number of hydrogen-bond acceptors (Lipinski definition) is 3. The summed E-state index contributed by atoms with van der Waals surface area (Å²) in [5.41, 5.74) is 6.47. The molecule has 0 aliphatic rings. The molecular formula is C37H61N3O. The zero-order valence-corrected chi connectivity index (χ0v) is 28.4. The van der Waals surface area contributed by atoms with Crippen molar-refractivity contribution in [3.63, 3.8) is 0 Å². The van der Waals surface area contributed by atoms with Crippen LogP contribution in [0.5, 0.6) is 0 Å². The Labute approximate surface area is 254 Å². The first-order valence-corrected chi connectivity index (χ1v) is 14.2. The summed E-state index contributed by atoms with van der Waals surface area (Å²) in [6, 6.07) is 7.51. The topological polar surface area (TPSA) is 44.4 Å². The molecule has 230 valence electrons. The first-order chi connectivity index (χ1) is 18.8. The number of carbonyl (C=O) groups excluding carboxylic acids is 1. The van der Waals surface area contributed by atoms with Gasteiger partial charge in [-0.05, 0) is 73.9 Å². The van der Waals surface area contributed by atoms with Crippen molar-refractivity contribution < 1.29 is 4.79 Å². The van der Waals surface area contributed by atoms with Gasteiger partial charge in [0.1, 0.15) is 0 Å². The van der Waals surface area contributed by atoms with E-state index in [1.165, 1.54) is 12.8 Å². The van der Waals surface area contributed by atoms with Crippen molar-refractivity contribution in [1.29, 1.82) is 0 Å². The third-order valence-electron chi connectivity index (χ3n) is 5.44. The van der Waals surface area contributed by atoms with Crippen LogP contribution in [0.15, 0.2) is 111 Å². The van der Waals surface area contributed by atoms with E-state index < -0.39 is 0 Å². The fourth-order valence-corrected chi connectivity index (χ4v) is 3.08. The molecule has 1 amide bonds. The minimum absolute atomic E-state index is 0.0505. The molecule has 4 nitrogen and oxygen atoms in total. The second kappa shape index (κ2) is 21.2. The number of hydrogen-bond donors (Lipinski definition) is 2. The lowest BCUT2D eigenvalue weighted by Gasteiger charge is -2.28. The number of amides is 1. The van der Waals surface area contributed by atoms with Crippen molar-refractivity contribution in [2.45, 2.75) is 88.5 Å². The molecule has 0 bridgehead atoms. The van der Waals surface area contributed by atoms with E-state index in [1.54, 1.807) is 6.08 Å². The molecule has 0 atom stereocenters. The summed E-state index contributed by atoms with van der Waals surface area (Å²) < 4.78 is 0. The fourth-order valence-electron chi connectivity index (χ4n) is 3.08. The average molecular weight is 564 g/mol. The number of carbonyl (C=O) groups is 1. The van der Waals surface area contributed by atoms with E-state index in [-0.39, 0.29) is 11.3 Å². The smallest absolute Gasteiger partial charge is 0.228 e. The van der Waals surface area contributed by atoms with Crippen molar-refractivity contribution in [1.82, 2.24) is 4.90 Å². The molecule has 1 aromatic rings. The Morgan fingerprint density at radius 3 is 1.61 bits per heavy atom. The fraction of sp³-hybridized carbons (Fsp3) is 0.432. The van der Waals surface area contributed by atoms with Gasteiger partial charge < -0.3 is 15.5 Å².